The Labute approximate surface area is 234 Å². The standard InChI is InChI=1S/C29H41N5O6/c1-28(2,3)12-32-11-14-10-17(33(4)5)15-8-13-9-16-21(34(6)7)24(37)20(27(31)39)26(38)29(16,40)25(30)18(13)23(36)19(15)22(14)35/h10,13,16,21,32,35,38,40H,8-9,11-12,30H2,1-7H3,(H2,31,39)/t13-,16-,21-,29-/m0/s1. The molecule has 11 nitrogen and oxygen atoms in total. The molecule has 0 aliphatic heterocycles. The number of nitrogens with one attached hydrogen (secondary N) is 1. The number of carbonyl (C=O) groups is 3. The van der Waals surface area contributed by atoms with E-state index in [1.54, 1.807) is 19.0 Å². The lowest BCUT2D eigenvalue weighted by atomic mass is 9.58. The maximum Gasteiger partial charge on any atom is 0.255 e. The number of aliphatic hydroxyl groups excluding tert-OH is 1. The van der Waals surface area contributed by atoms with E-state index in [2.05, 4.69) is 26.1 Å². The van der Waals surface area contributed by atoms with Gasteiger partial charge in [-0.1, -0.05) is 20.8 Å². The number of aliphatic hydroxyl groups is 2. The van der Waals surface area contributed by atoms with E-state index in [1.807, 2.05) is 25.1 Å². The molecule has 4 atom stereocenters. The average Bonchev–Trinajstić information content (AvgIpc) is 2.81. The average molecular weight is 556 g/mol. The summed E-state index contributed by atoms with van der Waals surface area (Å²) in [6.45, 7) is 7.27. The molecule has 0 saturated heterocycles. The number of allylic oxidation sites excluding steroid dienone is 1. The van der Waals surface area contributed by atoms with E-state index in [0.717, 1.165) is 5.69 Å². The van der Waals surface area contributed by atoms with Crippen molar-refractivity contribution in [2.75, 3.05) is 39.6 Å². The summed E-state index contributed by atoms with van der Waals surface area (Å²) < 4.78 is 0. The number of primary amides is 1. The molecule has 0 bridgehead atoms. The number of amides is 1. The van der Waals surface area contributed by atoms with Crippen molar-refractivity contribution in [3.05, 3.63) is 45.4 Å². The third-order valence-electron chi connectivity index (χ3n) is 8.32. The second-order valence-corrected chi connectivity index (χ2v) is 12.8. The predicted molar refractivity (Wildman–Crippen MR) is 151 cm³/mol. The van der Waals surface area contributed by atoms with Crippen LogP contribution in [0.15, 0.2) is 28.7 Å². The highest BCUT2D eigenvalue weighted by Crippen LogP contribution is 2.53. The van der Waals surface area contributed by atoms with Crippen molar-refractivity contribution >= 4 is 23.2 Å². The first-order valence-corrected chi connectivity index (χ1v) is 13.4. The van der Waals surface area contributed by atoms with Crippen molar-refractivity contribution in [3.63, 3.8) is 0 Å². The van der Waals surface area contributed by atoms with Crippen molar-refractivity contribution in [1.29, 1.82) is 0 Å². The van der Waals surface area contributed by atoms with Crippen LogP contribution in [0.3, 0.4) is 0 Å². The summed E-state index contributed by atoms with van der Waals surface area (Å²) in [5, 5.41) is 37.7. The molecule has 3 aliphatic carbocycles. The lowest BCUT2D eigenvalue weighted by Crippen LogP contribution is -2.64. The van der Waals surface area contributed by atoms with Crippen LogP contribution in [0.2, 0.25) is 0 Å². The van der Waals surface area contributed by atoms with Gasteiger partial charge in [0, 0.05) is 49.9 Å². The first kappa shape index (κ1) is 29.6. The maximum absolute atomic E-state index is 14.1. The number of phenols is 1. The van der Waals surface area contributed by atoms with E-state index in [4.69, 9.17) is 11.5 Å². The molecule has 1 aromatic rings. The van der Waals surface area contributed by atoms with Crippen LogP contribution in [0.1, 0.15) is 48.7 Å². The maximum atomic E-state index is 14.1. The summed E-state index contributed by atoms with van der Waals surface area (Å²) in [7, 11) is 6.97. The minimum absolute atomic E-state index is 0.00960. The smallest absolute Gasteiger partial charge is 0.255 e. The Morgan fingerprint density at radius 1 is 1.18 bits per heavy atom. The number of benzene rings is 1. The highest BCUT2D eigenvalue weighted by atomic mass is 16.3. The molecule has 1 amide bonds. The molecule has 4 rings (SSSR count). The minimum Gasteiger partial charge on any atom is -0.508 e. The zero-order valence-corrected chi connectivity index (χ0v) is 24.3. The van der Waals surface area contributed by atoms with E-state index < -0.39 is 52.3 Å². The molecule has 8 N–H and O–H groups in total. The molecule has 218 valence electrons. The van der Waals surface area contributed by atoms with Crippen molar-refractivity contribution in [1.82, 2.24) is 10.2 Å². The number of phenolic OH excluding ortho intramolecular Hbond substituents is 1. The summed E-state index contributed by atoms with van der Waals surface area (Å²) >= 11 is 0. The monoisotopic (exact) mass is 555 g/mol. The molecule has 0 fully saturated rings. The Bertz CT molecular complexity index is 1360. The van der Waals surface area contributed by atoms with Crippen LogP contribution in [0.25, 0.3) is 0 Å². The van der Waals surface area contributed by atoms with Gasteiger partial charge in [0.15, 0.2) is 17.2 Å². The van der Waals surface area contributed by atoms with Gasteiger partial charge in [-0.2, -0.15) is 0 Å². The van der Waals surface area contributed by atoms with Gasteiger partial charge >= 0.3 is 0 Å². The quantitative estimate of drug-likeness (QED) is 0.274. The number of hydrogen-bond donors (Lipinski definition) is 6. The van der Waals surface area contributed by atoms with Crippen LogP contribution in [-0.4, -0.2) is 84.1 Å². The summed E-state index contributed by atoms with van der Waals surface area (Å²) in [6.07, 6.45) is 0.451. The third-order valence-corrected chi connectivity index (χ3v) is 8.32. The molecular formula is C29H41N5O6. The van der Waals surface area contributed by atoms with Crippen molar-refractivity contribution < 1.29 is 29.7 Å². The Hall–Kier alpha value is -3.41. The number of hydrogen-bond acceptors (Lipinski definition) is 10. The Morgan fingerprint density at radius 2 is 1.80 bits per heavy atom. The van der Waals surface area contributed by atoms with Gasteiger partial charge in [0.1, 0.15) is 17.1 Å². The molecule has 1 aromatic carbocycles. The second kappa shape index (κ2) is 9.90. The molecular weight excluding hydrogens is 514 g/mol. The van der Waals surface area contributed by atoms with Gasteiger partial charge in [0.05, 0.1) is 17.3 Å². The van der Waals surface area contributed by atoms with Crippen LogP contribution in [0.4, 0.5) is 5.69 Å². The zero-order valence-electron chi connectivity index (χ0n) is 24.3. The number of ketones is 2. The summed E-state index contributed by atoms with van der Waals surface area (Å²) in [5.41, 5.74) is 10.7. The summed E-state index contributed by atoms with van der Waals surface area (Å²) in [4.78, 5) is 43.1. The van der Waals surface area contributed by atoms with E-state index in [-0.39, 0.29) is 34.4 Å². The third kappa shape index (κ3) is 4.46. The van der Waals surface area contributed by atoms with Crippen LogP contribution in [0.5, 0.6) is 5.75 Å². The van der Waals surface area contributed by atoms with Gasteiger partial charge in [-0.15, -0.1) is 0 Å². The number of aromatic hydroxyl groups is 1. The molecule has 0 aromatic heterocycles. The van der Waals surface area contributed by atoms with Gasteiger partial charge in [-0.3, -0.25) is 19.3 Å². The minimum atomic E-state index is -2.36. The zero-order chi connectivity index (χ0) is 30.1. The number of fused-ring (bicyclic) bond motifs is 3. The van der Waals surface area contributed by atoms with Gasteiger partial charge in [0.2, 0.25) is 0 Å². The largest absolute Gasteiger partial charge is 0.508 e. The van der Waals surface area contributed by atoms with Crippen molar-refractivity contribution in [3.8, 4) is 5.75 Å². The van der Waals surface area contributed by atoms with Gasteiger partial charge < -0.3 is 37.0 Å². The fourth-order valence-electron chi connectivity index (χ4n) is 6.53. The van der Waals surface area contributed by atoms with Crippen LogP contribution >= 0.6 is 0 Å². The lowest BCUT2D eigenvalue weighted by Gasteiger charge is -2.51. The molecule has 0 radical (unpaired) electrons. The highest BCUT2D eigenvalue weighted by Gasteiger charge is 2.61. The number of carbonyl (C=O) groups excluding carboxylic acids is 3. The Kier molecular flexibility index (Phi) is 7.32. The lowest BCUT2D eigenvalue weighted by molar-refractivity contribution is -0.134. The van der Waals surface area contributed by atoms with Crippen LogP contribution in [-0.2, 0) is 22.6 Å². The molecule has 11 heteroatoms. The van der Waals surface area contributed by atoms with Crippen molar-refractivity contribution in [2.24, 2.45) is 28.7 Å². The number of rotatable bonds is 6. The van der Waals surface area contributed by atoms with E-state index in [9.17, 15) is 29.7 Å². The fraction of sp³-hybridized carbons (Fsp3) is 0.552. The van der Waals surface area contributed by atoms with Gasteiger partial charge in [-0.25, -0.2) is 0 Å². The fourth-order valence-corrected chi connectivity index (χ4v) is 6.53. The van der Waals surface area contributed by atoms with E-state index in [1.165, 1.54) is 0 Å². The number of nitrogens with two attached hydrogens (primary N) is 2. The summed E-state index contributed by atoms with van der Waals surface area (Å²) in [6, 6.07) is 0.854. The van der Waals surface area contributed by atoms with Crippen molar-refractivity contribution in [2.45, 2.75) is 51.8 Å². The molecule has 0 spiro atoms. The number of nitrogens with zero attached hydrogens (tertiary/aromatic N) is 2. The number of anilines is 1. The number of likely N-dealkylation sites (N-methyl/N-ethyl adjacent to an activating group) is 1. The molecule has 0 saturated carbocycles. The van der Waals surface area contributed by atoms with Crippen LogP contribution in [0, 0.1) is 17.3 Å². The first-order valence-electron chi connectivity index (χ1n) is 13.4. The second-order valence-electron chi connectivity index (χ2n) is 12.8. The van der Waals surface area contributed by atoms with Gasteiger partial charge in [-0.05, 0) is 49.9 Å². The highest BCUT2D eigenvalue weighted by molar-refractivity contribution is 6.22. The Balaban J connectivity index is 1.92. The topological polar surface area (TPSA) is 182 Å². The predicted octanol–water partition coefficient (Wildman–Crippen LogP) is 0.723. The molecule has 40 heavy (non-hydrogen) atoms. The van der Waals surface area contributed by atoms with Crippen LogP contribution < -0.4 is 21.7 Å². The van der Waals surface area contributed by atoms with E-state index in [0.29, 0.717) is 30.6 Å². The Morgan fingerprint density at radius 3 is 2.33 bits per heavy atom. The number of Topliss-reactive ketones (excluding diaryl/α,β-unsaturated/α-hetero) is 2. The molecule has 0 unspecified atom stereocenters. The SMILES string of the molecule is CN(C)c1cc(CNCC(C)(C)C)c(O)c2c1C[C@H]1C[C@H]3[C@H](N(C)C)C(=O)C(C(N)=O)=C(O)[C@@]3(O)C(N)=C1C2=O. The summed E-state index contributed by atoms with van der Waals surface area (Å²) in [5.74, 6) is -4.99. The van der Waals surface area contributed by atoms with E-state index >= 15 is 0 Å². The normalized spacial score (nSPS) is 26.6. The molecule has 3 aliphatic rings. The first-order chi connectivity index (χ1) is 18.4. The van der Waals surface area contributed by atoms with Gasteiger partial charge in [0.25, 0.3) is 5.91 Å². The molecule has 0 heterocycles.